The lowest BCUT2D eigenvalue weighted by Crippen LogP contribution is -2.26. The zero-order chi connectivity index (χ0) is 14.7. The van der Waals surface area contributed by atoms with E-state index in [4.69, 9.17) is 15.0 Å². The average molecular weight is 280 g/mol. The number of anilines is 1. The lowest BCUT2D eigenvalue weighted by atomic mass is 9.96. The number of hydrazine groups is 1. The summed E-state index contributed by atoms with van der Waals surface area (Å²) in [6.07, 6.45) is 3.61. The number of nitrogens with zero attached hydrogens (tertiary/aromatic N) is 3. The number of methoxy groups -OCH3 is 1. The van der Waals surface area contributed by atoms with Crippen molar-refractivity contribution in [2.24, 2.45) is 5.84 Å². The minimum absolute atomic E-state index is 0.0115. The largest absolute Gasteiger partial charge is 0.458 e. The third-order valence-corrected chi connectivity index (χ3v) is 3.38. The second-order valence-corrected chi connectivity index (χ2v) is 4.85. The maximum atomic E-state index is 9.21. The number of hydrogen-bond acceptors (Lipinski definition) is 7. The molecule has 0 saturated carbocycles. The Labute approximate surface area is 117 Å². The van der Waals surface area contributed by atoms with Gasteiger partial charge in [-0.25, -0.2) is 15.8 Å². The van der Waals surface area contributed by atoms with Crippen LogP contribution in [0.1, 0.15) is 24.8 Å². The summed E-state index contributed by atoms with van der Waals surface area (Å²) in [5.41, 5.74) is 2.27. The van der Waals surface area contributed by atoms with Crippen molar-refractivity contribution in [1.29, 1.82) is 0 Å². The van der Waals surface area contributed by atoms with E-state index in [1.165, 1.54) is 11.3 Å². The van der Waals surface area contributed by atoms with Crippen LogP contribution in [0.3, 0.4) is 0 Å². The predicted octanol–water partition coefficient (Wildman–Crippen LogP) is 1.03. The van der Waals surface area contributed by atoms with E-state index in [1.807, 2.05) is 6.92 Å². The van der Waals surface area contributed by atoms with Gasteiger partial charge in [-0.3, -0.25) is 5.01 Å². The van der Waals surface area contributed by atoms with Crippen LogP contribution in [0.25, 0.3) is 11.1 Å². The molecule has 0 saturated heterocycles. The van der Waals surface area contributed by atoms with Gasteiger partial charge in [0.25, 0.3) is 0 Å². The Bertz CT molecular complexity index is 566. The lowest BCUT2D eigenvalue weighted by Gasteiger charge is -2.17. The van der Waals surface area contributed by atoms with Crippen LogP contribution in [-0.2, 0) is 4.74 Å². The molecular weight excluding hydrogens is 260 g/mol. The number of ether oxygens (including phenoxy) is 1. The molecule has 0 fully saturated rings. The first-order valence-electron chi connectivity index (χ1n) is 6.42. The molecule has 0 aliphatic rings. The van der Waals surface area contributed by atoms with Crippen LogP contribution >= 0.6 is 0 Å². The molecule has 2 heterocycles. The monoisotopic (exact) mass is 280 g/mol. The van der Waals surface area contributed by atoms with Gasteiger partial charge >= 0.3 is 0 Å². The molecule has 7 nitrogen and oxygen atoms in total. The summed E-state index contributed by atoms with van der Waals surface area (Å²) < 4.78 is 10.8. The van der Waals surface area contributed by atoms with E-state index in [9.17, 15) is 5.11 Å². The summed E-state index contributed by atoms with van der Waals surface area (Å²) in [7, 11) is 3.28. The SMILES string of the molecule is COC(CO)CC(C)c1coc2c(N(C)N)ncnc12. The summed E-state index contributed by atoms with van der Waals surface area (Å²) in [6.45, 7) is 2.03. The van der Waals surface area contributed by atoms with Gasteiger partial charge in [-0.05, 0) is 12.3 Å². The fourth-order valence-corrected chi connectivity index (χ4v) is 2.22. The molecule has 2 rings (SSSR count). The molecule has 2 aromatic heterocycles. The Kier molecular flexibility index (Phi) is 4.53. The third-order valence-electron chi connectivity index (χ3n) is 3.38. The first-order valence-corrected chi connectivity index (χ1v) is 6.42. The van der Waals surface area contributed by atoms with E-state index >= 15 is 0 Å². The van der Waals surface area contributed by atoms with Crippen LogP contribution in [0, 0.1) is 0 Å². The molecule has 3 N–H and O–H groups in total. The van der Waals surface area contributed by atoms with Crippen molar-refractivity contribution in [3.63, 3.8) is 0 Å². The fourth-order valence-electron chi connectivity index (χ4n) is 2.22. The van der Waals surface area contributed by atoms with E-state index in [-0.39, 0.29) is 18.6 Å². The summed E-state index contributed by atoms with van der Waals surface area (Å²) in [6, 6.07) is 0. The average Bonchev–Trinajstić information content (AvgIpc) is 2.88. The summed E-state index contributed by atoms with van der Waals surface area (Å²) >= 11 is 0. The van der Waals surface area contributed by atoms with E-state index in [0.717, 1.165) is 11.1 Å². The molecule has 2 atom stereocenters. The highest BCUT2D eigenvalue weighted by Gasteiger charge is 2.20. The molecule has 0 bridgehead atoms. The fraction of sp³-hybridized carbons (Fsp3) is 0.538. The summed E-state index contributed by atoms with van der Waals surface area (Å²) in [5, 5.41) is 10.6. The van der Waals surface area contributed by atoms with Crippen LogP contribution in [0.2, 0.25) is 0 Å². The number of furan rings is 1. The molecule has 110 valence electrons. The van der Waals surface area contributed by atoms with Crippen molar-refractivity contribution >= 4 is 16.9 Å². The number of rotatable bonds is 6. The quantitative estimate of drug-likeness (QED) is 0.602. The molecule has 7 heteroatoms. The van der Waals surface area contributed by atoms with Crippen molar-refractivity contribution < 1.29 is 14.3 Å². The molecule has 0 aliphatic heterocycles. The molecule has 0 spiro atoms. The van der Waals surface area contributed by atoms with Crippen LogP contribution in [-0.4, -0.2) is 41.9 Å². The number of nitrogens with two attached hydrogens (primary N) is 1. The van der Waals surface area contributed by atoms with Crippen molar-refractivity contribution in [2.45, 2.75) is 25.4 Å². The minimum atomic E-state index is -0.201. The highest BCUT2D eigenvalue weighted by atomic mass is 16.5. The van der Waals surface area contributed by atoms with Crippen molar-refractivity contribution in [2.75, 3.05) is 25.8 Å². The maximum absolute atomic E-state index is 9.21. The molecule has 0 amide bonds. The van der Waals surface area contributed by atoms with Gasteiger partial charge in [0, 0.05) is 19.7 Å². The number of aliphatic hydroxyl groups is 1. The van der Waals surface area contributed by atoms with Gasteiger partial charge in [0.2, 0.25) is 0 Å². The van der Waals surface area contributed by atoms with Gasteiger partial charge < -0.3 is 14.3 Å². The van der Waals surface area contributed by atoms with Gasteiger partial charge in [0.1, 0.15) is 11.8 Å². The number of aliphatic hydroxyl groups excluding tert-OH is 1. The number of fused-ring (bicyclic) bond motifs is 1. The molecule has 2 unspecified atom stereocenters. The topological polar surface area (TPSA) is 97.6 Å². The Morgan fingerprint density at radius 2 is 2.25 bits per heavy atom. The first-order chi connectivity index (χ1) is 9.58. The van der Waals surface area contributed by atoms with Gasteiger partial charge in [0.05, 0.1) is 19.0 Å². The predicted molar refractivity (Wildman–Crippen MR) is 75.3 cm³/mol. The second kappa shape index (κ2) is 6.17. The summed E-state index contributed by atoms with van der Waals surface area (Å²) in [5.74, 6) is 6.40. The van der Waals surface area contributed by atoms with Gasteiger partial charge in [-0.2, -0.15) is 0 Å². The second-order valence-electron chi connectivity index (χ2n) is 4.85. The minimum Gasteiger partial charge on any atom is -0.458 e. The zero-order valence-corrected chi connectivity index (χ0v) is 11.9. The molecule has 2 aromatic rings. The first kappa shape index (κ1) is 14.7. The van der Waals surface area contributed by atoms with Gasteiger partial charge in [-0.15, -0.1) is 0 Å². The standard InChI is InChI=1S/C13H20N4O3/c1-8(4-9(5-18)19-3)10-6-20-12-11(10)15-7-16-13(12)17(2)14/h6-9,18H,4-5,14H2,1-3H3. The Hall–Kier alpha value is -1.70. The third kappa shape index (κ3) is 2.74. The van der Waals surface area contributed by atoms with Crippen LogP contribution < -0.4 is 10.9 Å². The number of aromatic nitrogens is 2. The Balaban J connectivity index is 2.34. The Morgan fingerprint density at radius 1 is 1.50 bits per heavy atom. The Morgan fingerprint density at radius 3 is 2.85 bits per heavy atom. The van der Waals surface area contributed by atoms with E-state index < -0.39 is 0 Å². The van der Waals surface area contributed by atoms with Crippen LogP contribution in [0.15, 0.2) is 17.0 Å². The number of hydrogen-bond donors (Lipinski definition) is 2. The lowest BCUT2D eigenvalue weighted by molar-refractivity contribution is 0.0394. The molecule has 0 aromatic carbocycles. The molecule has 0 aliphatic carbocycles. The molecule has 20 heavy (non-hydrogen) atoms. The van der Waals surface area contributed by atoms with E-state index in [0.29, 0.717) is 17.8 Å². The molecule has 0 radical (unpaired) electrons. The van der Waals surface area contributed by atoms with Crippen molar-refractivity contribution in [1.82, 2.24) is 9.97 Å². The van der Waals surface area contributed by atoms with Gasteiger partial charge in [-0.1, -0.05) is 6.92 Å². The van der Waals surface area contributed by atoms with Crippen molar-refractivity contribution in [3.05, 3.63) is 18.2 Å². The normalized spacial score (nSPS) is 14.4. The smallest absolute Gasteiger partial charge is 0.196 e. The zero-order valence-electron chi connectivity index (χ0n) is 11.9. The summed E-state index contributed by atoms with van der Waals surface area (Å²) in [4.78, 5) is 8.38. The highest BCUT2D eigenvalue weighted by molar-refractivity contribution is 5.86. The van der Waals surface area contributed by atoms with Gasteiger partial charge in [0.15, 0.2) is 11.4 Å². The van der Waals surface area contributed by atoms with E-state index in [1.54, 1.807) is 20.4 Å². The van der Waals surface area contributed by atoms with E-state index in [2.05, 4.69) is 9.97 Å². The maximum Gasteiger partial charge on any atom is 0.196 e. The molecular formula is C13H20N4O3. The van der Waals surface area contributed by atoms with Crippen LogP contribution in [0.4, 0.5) is 5.82 Å². The highest BCUT2D eigenvalue weighted by Crippen LogP contribution is 2.32. The van der Waals surface area contributed by atoms with Crippen molar-refractivity contribution in [3.8, 4) is 0 Å². The van der Waals surface area contributed by atoms with Crippen LogP contribution in [0.5, 0.6) is 0 Å².